The Labute approximate surface area is 108 Å². The van der Waals surface area contributed by atoms with E-state index in [1.165, 1.54) is 11.3 Å². The molecule has 0 unspecified atom stereocenters. The van der Waals surface area contributed by atoms with Crippen LogP contribution in [0.15, 0.2) is 11.6 Å². The summed E-state index contributed by atoms with van der Waals surface area (Å²) in [6.45, 7) is 4.16. The second-order valence-electron chi connectivity index (χ2n) is 4.26. The molecule has 18 heavy (non-hydrogen) atoms. The normalized spacial score (nSPS) is 11.1. The fraction of sp³-hybridized carbons (Fsp3) is 0.455. The third-order valence-corrected chi connectivity index (χ3v) is 3.28. The standard InChI is InChI=1S/C11H14N4O2S/c1-7(2)9-6-18-11(12-9)15-5-8(13-14-15)3-4-10(16)17/h5-7H,3-4H2,1-2H3,(H,16,17). The van der Waals surface area contributed by atoms with Gasteiger partial charge in [-0.2, -0.15) is 4.68 Å². The van der Waals surface area contributed by atoms with Crippen molar-refractivity contribution in [3.63, 3.8) is 0 Å². The maximum absolute atomic E-state index is 10.5. The summed E-state index contributed by atoms with van der Waals surface area (Å²) in [4.78, 5) is 14.9. The van der Waals surface area contributed by atoms with Gasteiger partial charge in [0.25, 0.3) is 0 Å². The Morgan fingerprint density at radius 1 is 1.56 bits per heavy atom. The average molecular weight is 266 g/mol. The van der Waals surface area contributed by atoms with Crippen molar-refractivity contribution in [1.29, 1.82) is 0 Å². The molecule has 1 N–H and O–H groups in total. The molecule has 0 radical (unpaired) electrons. The van der Waals surface area contributed by atoms with Gasteiger partial charge in [-0.05, 0) is 5.92 Å². The van der Waals surface area contributed by atoms with Crippen LogP contribution >= 0.6 is 11.3 Å². The van der Waals surface area contributed by atoms with E-state index >= 15 is 0 Å². The van der Waals surface area contributed by atoms with Gasteiger partial charge >= 0.3 is 5.97 Å². The molecule has 0 aliphatic carbocycles. The second kappa shape index (κ2) is 5.26. The topological polar surface area (TPSA) is 80.9 Å². The van der Waals surface area contributed by atoms with E-state index in [4.69, 9.17) is 5.11 Å². The predicted molar refractivity (Wildman–Crippen MR) is 67.1 cm³/mol. The molecule has 2 rings (SSSR count). The van der Waals surface area contributed by atoms with E-state index in [-0.39, 0.29) is 6.42 Å². The van der Waals surface area contributed by atoms with Crippen molar-refractivity contribution in [3.8, 4) is 5.13 Å². The molecule has 7 heteroatoms. The van der Waals surface area contributed by atoms with Gasteiger partial charge in [-0.1, -0.05) is 19.1 Å². The minimum Gasteiger partial charge on any atom is -0.481 e. The number of hydrogen-bond donors (Lipinski definition) is 1. The summed E-state index contributed by atoms with van der Waals surface area (Å²) in [7, 11) is 0. The highest BCUT2D eigenvalue weighted by molar-refractivity contribution is 7.12. The summed E-state index contributed by atoms with van der Waals surface area (Å²) < 4.78 is 1.59. The Bertz CT molecular complexity index is 547. The van der Waals surface area contributed by atoms with E-state index in [9.17, 15) is 4.79 Å². The molecule has 0 saturated heterocycles. The highest BCUT2D eigenvalue weighted by atomic mass is 32.1. The lowest BCUT2D eigenvalue weighted by Crippen LogP contribution is -1.97. The first-order valence-electron chi connectivity index (χ1n) is 5.65. The Morgan fingerprint density at radius 3 is 2.94 bits per heavy atom. The minimum absolute atomic E-state index is 0.0633. The Hall–Kier alpha value is -1.76. The fourth-order valence-electron chi connectivity index (χ4n) is 1.39. The van der Waals surface area contributed by atoms with Gasteiger partial charge in [0.05, 0.1) is 24.0 Å². The number of aliphatic carboxylic acids is 1. The molecule has 0 saturated carbocycles. The van der Waals surface area contributed by atoms with Gasteiger partial charge in [-0.25, -0.2) is 4.98 Å². The molecular weight excluding hydrogens is 252 g/mol. The molecule has 6 nitrogen and oxygen atoms in total. The first-order chi connectivity index (χ1) is 8.56. The lowest BCUT2D eigenvalue weighted by atomic mass is 10.2. The van der Waals surface area contributed by atoms with Crippen molar-refractivity contribution in [2.45, 2.75) is 32.6 Å². The van der Waals surface area contributed by atoms with E-state index in [2.05, 4.69) is 29.1 Å². The molecule has 0 amide bonds. The zero-order valence-corrected chi connectivity index (χ0v) is 11.0. The summed E-state index contributed by atoms with van der Waals surface area (Å²) in [5.41, 5.74) is 1.69. The Morgan fingerprint density at radius 2 is 2.33 bits per heavy atom. The van der Waals surface area contributed by atoms with Crippen molar-refractivity contribution in [2.75, 3.05) is 0 Å². The van der Waals surface area contributed by atoms with Crippen LogP contribution in [-0.2, 0) is 11.2 Å². The third kappa shape index (κ3) is 2.92. The zero-order valence-electron chi connectivity index (χ0n) is 10.2. The molecule has 0 spiro atoms. The highest BCUT2D eigenvalue weighted by Crippen LogP contribution is 2.20. The predicted octanol–water partition coefficient (Wildman–Crippen LogP) is 1.86. The number of carboxylic acids is 1. The maximum Gasteiger partial charge on any atom is 0.303 e. The van der Waals surface area contributed by atoms with Crippen LogP contribution in [0.25, 0.3) is 5.13 Å². The Kier molecular flexibility index (Phi) is 3.71. The monoisotopic (exact) mass is 266 g/mol. The van der Waals surface area contributed by atoms with Crippen LogP contribution in [0.1, 0.15) is 37.6 Å². The second-order valence-corrected chi connectivity index (χ2v) is 5.09. The largest absolute Gasteiger partial charge is 0.481 e. The van der Waals surface area contributed by atoms with Gasteiger partial charge in [-0.3, -0.25) is 4.79 Å². The highest BCUT2D eigenvalue weighted by Gasteiger charge is 2.10. The van der Waals surface area contributed by atoms with Crippen molar-refractivity contribution in [1.82, 2.24) is 20.0 Å². The molecule has 96 valence electrons. The molecule has 0 aliphatic rings. The number of hydrogen-bond acceptors (Lipinski definition) is 5. The van der Waals surface area contributed by atoms with Crippen molar-refractivity contribution in [2.24, 2.45) is 0 Å². The summed E-state index contributed by atoms with van der Waals surface area (Å²) in [5.74, 6) is -0.453. The summed E-state index contributed by atoms with van der Waals surface area (Å²) in [6.07, 6.45) is 2.18. The van der Waals surface area contributed by atoms with Crippen molar-refractivity contribution < 1.29 is 9.90 Å². The molecule has 2 aromatic heterocycles. The first kappa shape index (κ1) is 12.7. The smallest absolute Gasteiger partial charge is 0.303 e. The summed E-state index contributed by atoms with van der Waals surface area (Å²) in [6, 6.07) is 0. The van der Waals surface area contributed by atoms with Crippen LogP contribution in [0, 0.1) is 0 Å². The number of thiazole rings is 1. The minimum atomic E-state index is -0.833. The molecule has 0 bridgehead atoms. The van der Waals surface area contributed by atoms with Crippen LogP contribution in [0.5, 0.6) is 0 Å². The van der Waals surface area contributed by atoms with Gasteiger partial charge in [0.2, 0.25) is 5.13 Å². The van der Waals surface area contributed by atoms with Gasteiger partial charge in [0, 0.05) is 11.8 Å². The van der Waals surface area contributed by atoms with E-state index in [1.807, 2.05) is 5.38 Å². The molecular formula is C11H14N4O2S. The van der Waals surface area contributed by atoms with Gasteiger partial charge < -0.3 is 5.11 Å². The SMILES string of the molecule is CC(C)c1csc(-n2cc(CCC(=O)O)nn2)n1. The zero-order chi connectivity index (χ0) is 13.1. The molecule has 2 aromatic rings. The average Bonchev–Trinajstić information content (AvgIpc) is 2.95. The van der Waals surface area contributed by atoms with E-state index in [0.717, 1.165) is 10.8 Å². The van der Waals surface area contributed by atoms with Gasteiger partial charge in [0.1, 0.15) is 0 Å². The van der Waals surface area contributed by atoms with Crippen LogP contribution in [0.4, 0.5) is 0 Å². The van der Waals surface area contributed by atoms with Crippen LogP contribution in [-0.4, -0.2) is 31.1 Å². The fourth-order valence-corrected chi connectivity index (χ4v) is 2.29. The summed E-state index contributed by atoms with van der Waals surface area (Å²) >= 11 is 1.50. The van der Waals surface area contributed by atoms with E-state index < -0.39 is 5.97 Å². The third-order valence-electron chi connectivity index (χ3n) is 2.43. The van der Waals surface area contributed by atoms with Gasteiger partial charge in [0.15, 0.2) is 0 Å². The molecule has 0 atom stereocenters. The van der Waals surface area contributed by atoms with Crippen molar-refractivity contribution in [3.05, 3.63) is 23.0 Å². The van der Waals surface area contributed by atoms with Crippen LogP contribution < -0.4 is 0 Å². The van der Waals surface area contributed by atoms with E-state index in [1.54, 1.807) is 10.9 Å². The molecule has 0 aromatic carbocycles. The maximum atomic E-state index is 10.5. The van der Waals surface area contributed by atoms with Crippen LogP contribution in [0.2, 0.25) is 0 Å². The molecule has 2 heterocycles. The lowest BCUT2D eigenvalue weighted by molar-refractivity contribution is -0.136. The number of carboxylic acid groups (broad SMARTS) is 1. The number of rotatable bonds is 5. The quantitative estimate of drug-likeness (QED) is 0.893. The number of aryl methyl sites for hydroxylation is 1. The molecule has 0 aliphatic heterocycles. The Balaban J connectivity index is 2.11. The van der Waals surface area contributed by atoms with Gasteiger partial charge in [-0.15, -0.1) is 16.4 Å². The first-order valence-corrected chi connectivity index (χ1v) is 6.53. The lowest BCUT2D eigenvalue weighted by Gasteiger charge is -1.96. The number of aromatic nitrogens is 4. The van der Waals surface area contributed by atoms with Crippen molar-refractivity contribution >= 4 is 17.3 Å². The summed E-state index contributed by atoms with van der Waals surface area (Å²) in [5, 5.41) is 19.2. The van der Waals surface area contributed by atoms with Crippen LogP contribution in [0.3, 0.4) is 0 Å². The number of carbonyl (C=O) groups is 1. The molecule has 0 fully saturated rings. The van der Waals surface area contributed by atoms with E-state index in [0.29, 0.717) is 18.0 Å². The number of nitrogens with zero attached hydrogens (tertiary/aromatic N) is 4.